The van der Waals surface area contributed by atoms with Crippen LogP contribution in [-0.2, 0) is 0 Å². The molecule has 0 saturated heterocycles. The van der Waals surface area contributed by atoms with Crippen LogP contribution in [0.5, 0.6) is 11.5 Å². The predicted molar refractivity (Wildman–Crippen MR) is 87.1 cm³/mol. The van der Waals surface area contributed by atoms with Gasteiger partial charge in [0.2, 0.25) is 0 Å². The van der Waals surface area contributed by atoms with Crippen molar-refractivity contribution in [1.29, 1.82) is 0 Å². The number of hydrogen-bond donors (Lipinski definition) is 1. The van der Waals surface area contributed by atoms with E-state index < -0.39 is 0 Å². The van der Waals surface area contributed by atoms with Crippen LogP contribution in [0.4, 0.5) is 0 Å². The molecule has 1 N–H and O–H groups in total. The monoisotopic (exact) mass is 291 g/mol. The van der Waals surface area contributed by atoms with Crippen molar-refractivity contribution in [3.05, 3.63) is 23.8 Å². The average molecular weight is 291 g/mol. The van der Waals surface area contributed by atoms with E-state index in [0.717, 1.165) is 23.3 Å². The van der Waals surface area contributed by atoms with Gasteiger partial charge in [-0.05, 0) is 49.3 Å². The maximum atomic E-state index is 5.41. The fourth-order valence-corrected chi connectivity index (χ4v) is 3.52. The van der Waals surface area contributed by atoms with Crippen molar-refractivity contribution in [2.75, 3.05) is 14.2 Å². The van der Waals surface area contributed by atoms with Gasteiger partial charge in [-0.25, -0.2) is 0 Å². The zero-order valence-electron chi connectivity index (χ0n) is 14.0. The Hall–Kier alpha value is -1.22. The molecule has 1 saturated carbocycles. The van der Waals surface area contributed by atoms with Gasteiger partial charge in [-0.2, -0.15) is 0 Å². The van der Waals surface area contributed by atoms with Crippen LogP contribution < -0.4 is 14.8 Å². The fraction of sp³-hybridized carbons (Fsp3) is 0.667. The summed E-state index contributed by atoms with van der Waals surface area (Å²) in [6, 6.07) is 7.10. The van der Waals surface area contributed by atoms with Crippen LogP contribution in [-0.4, -0.2) is 20.3 Å². The van der Waals surface area contributed by atoms with Crippen LogP contribution >= 0.6 is 0 Å². The van der Waals surface area contributed by atoms with E-state index in [4.69, 9.17) is 9.47 Å². The Morgan fingerprint density at radius 2 is 1.67 bits per heavy atom. The van der Waals surface area contributed by atoms with Gasteiger partial charge in [0.1, 0.15) is 0 Å². The Labute approximate surface area is 129 Å². The molecule has 0 aromatic heterocycles. The van der Waals surface area contributed by atoms with Crippen molar-refractivity contribution in [3.63, 3.8) is 0 Å². The van der Waals surface area contributed by atoms with Crippen LogP contribution in [0.25, 0.3) is 0 Å². The highest BCUT2D eigenvalue weighted by Crippen LogP contribution is 2.33. The predicted octanol–water partition coefficient (Wildman–Crippen LogP) is 4.18. The van der Waals surface area contributed by atoms with Gasteiger partial charge in [0.15, 0.2) is 11.5 Å². The van der Waals surface area contributed by atoms with Crippen LogP contribution in [0, 0.1) is 11.8 Å². The minimum atomic E-state index is 0.317. The molecule has 21 heavy (non-hydrogen) atoms. The third-order valence-electron chi connectivity index (χ3n) is 4.90. The lowest BCUT2D eigenvalue weighted by molar-refractivity contribution is 0.196. The lowest BCUT2D eigenvalue weighted by atomic mass is 9.78. The Kier molecular flexibility index (Phi) is 5.51. The SMILES string of the molecule is COc1ccc(C(C)NC2C(C)CCCC2C)cc1OC. The van der Waals surface area contributed by atoms with Gasteiger partial charge in [0.25, 0.3) is 0 Å². The summed E-state index contributed by atoms with van der Waals surface area (Å²) in [5.74, 6) is 3.08. The Morgan fingerprint density at radius 3 is 2.24 bits per heavy atom. The summed E-state index contributed by atoms with van der Waals surface area (Å²) < 4.78 is 10.7. The molecule has 3 atom stereocenters. The molecule has 1 aromatic carbocycles. The second-order valence-corrected chi connectivity index (χ2v) is 6.41. The lowest BCUT2D eigenvalue weighted by Gasteiger charge is -2.37. The third kappa shape index (κ3) is 3.70. The zero-order valence-corrected chi connectivity index (χ0v) is 14.0. The molecule has 0 spiro atoms. The average Bonchev–Trinajstić information content (AvgIpc) is 2.50. The molecular weight excluding hydrogens is 262 g/mol. The molecular formula is C18H29NO2. The number of ether oxygens (including phenoxy) is 2. The number of nitrogens with one attached hydrogen (secondary N) is 1. The normalized spacial score (nSPS) is 27.2. The molecule has 3 unspecified atom stereocenters. The van der Waals surface area contributed by atoms with Crippen molar-refractivity contribution in [2.45, 2.75) is 52.1 Å². The summed E-state index contributed by atoms with van der Waals surface area (Å²) in [6.45, 7) is 6.97. The molecule has 1 aliphatic carbocycles. The van der Waals surface area contributed by atoms with E-state index in [-0.39, 0.29) is 0 Å². The van der Waals surface area contributed by atoms with E-state index in [1.807, 2.05) is 6.07 Å². The summed E-state index contributed by atoms with van der Waals surface area (Å²) in [7, 11) is 3.36. The molecule has 118 valence electrons. The second kappa shape index (κ2) is 7.17. The van der Waals surface area contributed by atoms with Crippen molar-refractivity contribution < 1.29 is 9.47 Å². The minimum absolute atomic E-state index is 0.317. The number of hydrogen-bond acceptors (Lipinski definition) is 3. The quantitative estimate of drug-likeness (QED) is 0.883. The van der Waals surface area contributed by atoms with E-state index in [0.29, 0.717) is 12.1 Å². The Morgan fingerprint density at radius 1 is 1.05 bits per heavy atom. The van der Waals surface area contributed by atoms with Gasteiger partial charge in [-0.15, -0.1) is 0 Å². The molecule has 0 amide bonds. The maximum Gasteiger partial charge on any atom is 0.161 e. The summed E-state index contributed by atoms with van der Waals surface area (Å²) in [5.41, 5.74) is 1.25. The topological polar surface area (TPSA) is 30.5 Å². The Balaban J connectivity index is 2.10. The first-order chi connectivity index (χ1) is 10.1. The largest absolute Gasteiger partial charge is 0.493 e. The molecule has 2 rings (SSSR count). The van der Waals surface area contributed by atoms with Gasteiger partial charge in [-0.1, -0.05) is 26.3 Å². The number of rotatable bonds is 5. The number of methoxy groups -OCH3 is 2. The van der Waals surface area contributed by atoms with Crippen LogP contribution in [0.2, 0.25) is 0 Å². The number of benzene rings is 1. The Bertz CT molecular complexity index is 451. The van der Waals surface area contributed by atoms with Gasteiger partial charge >= 0.3 is 0 Å². The van der Waals surface area contributed by atoms with Crippen LogP contribution in [0.1, 0.15) is 51.6 Å². The molecule has 1 fully saturated rings. The van der Waals surface area contributed by atoms with Crippen molar-refractivity contribution in [1.82, 2.24) is 5.32 Å². The molecule has 3 heteroatoms. The van der Waals surface area contributed by atoms with Crippen molar-refractivity contribution >= 4 is 0 Å². The zero-order chi connectivity index (χ0) is 15.4. The van der Waals surface area contributed by atoms with Gasteiger partial charge in [0.05, 0.1) is 14.2 Å². The third-order valence-corrected chi connectivity index (χ3v) is 4.90. The first kappa shape index (κ1) is 16.2. The highest BCUT2D eigenvalue weighted by molar-refractivity contribution is 5.43. The fourth-order valence-electron chi connectivity index (χ4n) is 3.52. The lowest BCUT2D eigenvalue weighted by Crippen LogP contribution is -2.43. The first-order valence-corrected chi connectivity index (χ1v) is 8.04. The second-order valence-electron chi connectivity index (χ2n) is 6.41. The molecule has 0 aliphatic heterocycles. The highest BCUT2D eigenvalue weighted by Gasteiger charge is 2.28. The molecule has 0 radical (unpaired) electrons. The van der Waals surface area contributed by atoms with Crippen molar-refractivity contribution in [3.8, 4) is 11.5 Å². The summed E-state index contributed by atoms with van der Waals surface area (Å²) in [4.78, 5) is 0. The standard InChI is InChI=1S/C18H29NO2/c1-12-7-6-8-13(2)18(12)19-14(3)15-9-10-16(20-4)17(11-15)21-5/h9-14,18-19H,6-8H2,1-5H3. The molecule has 1 aromatic rings. The summed E-state index contributed by atoms with van der Waals surface area (Å²) >= 11 is 0. The van der Waals surface area contributed by atoms with E-state index in [1.54, 1.807) is 14.2 Å². The molecule has 1 aliphatic rings. The molecule has 3 nitrogen and oxygen atoms in total. The molecule has 0 bridgehead atoms. The summed E-state index contributed by atoms with van der Waals surface area (Å²) in [6.07, 6.45) is 4.03. The van der Waals surface area contributed by atoms with E-state index in [1.165, 1.54) is 24.8 Å². The smallest absolute Gasteiger partial charge is 0.161 e. The van der Waals surface area contributed by atoms with E-state index in [2.05, 4.69) is 38.2 Å². The first-order valence-electron chi connectivity index (χ1n) is 8.04. The van der Waals surface area contributed by atoms with Gasteiger partial charge < -0.3 is 14.8 Å². The van der Waals surface area contributed by atoms with Gasteiger partial charge in [-0.3, -0.25) is 0 Å². The highest BCUT2D eigenvalue weighted by atomic mass is 16.5. The molecule has 0 heterocycles. The van der Waals surface area contributed by atoms with E-state index in [9.17, 15) is 0 Å². The minimum Gasteiger partial charge on any atom is -0.493 e. The van der Waals surface area contributed by atoms with Gasteiger partial charge in [0, 0.05) is 12.1 Å². The maximum absolute atomic E-state index is 5.41. The van der Waals surface area contributed by atoms with E-state index >= 15 is 0 Å². The van der Waals surface area contributed by atoms with Crippen molar-refractivity contribution in [2.24, 2.45) is 11.8 Å². The van der Waals surface area contributed by atoms with Crippen LogP contribution in [0.3, 0.4) is 0 Å². The van der Waals surface area contributed by atoms with Crippen LogP contribution in [0.15, 0.2) is 18.2 Å². The summed E-state index contributed by atoms with van der Waals surface area (Å²) in [5, 5.41) is 3.83.